The van der Waals surface area contributed by atoms with E-state index in [9.17, 15) is 13.6 Å². The Bertz CT molecular complexity index is 585. The lowest BCUT2D eigenvalue weighted by Crippen LogP contribution is -2.30. The Hall–Kier alpha value is -2.31. The first-order valence-corrected chi connectivity index (χ1v) is 6.01. The van der Waals surface area contributed by atoms with Crippen LogP contribution in [0.4, 0.5) is 8.78 Å². The molecule has 2 aromatic heterocycles. The van der Waals surface area contributed by atoms with Crippen LogP contribution in [0.25, 0.3) is 0 Å². The van der Waals surface area contributed by atoms with Gasteiger partial charge in [-0.25, -0.2) is 4.68 Å². The lowest BCUT2D eigenvalue weighted by Gasteiger charge is -2.24. The van der Waals surface area contributed by atoms with Crippen molar-refractivity contribution in [1.82, 2.24) is 19.7 Å². The molecule has 5 nitrogen and oxygen atoms in total. The molecule has 0 N–H and O–H groups in total. The van der Waals surface area contributed by atoms with Gasteiger partial charge in [0.2, 0.25) is 0 Å². The van der Waals surface area contributed by atoms with Gasteiger partial charge >= 0.3 is 6.55 Å². The summed E-state index contributed by atoms with van der Waals surface area (Å²) in [6.07, 6.45) is 4.38. The summed E-state index contributed by atoms with van der Waals surface area (Å²) in [5.74, 6) is -0.416. The van der Waals surface area contributed by atoms with E-state index >= 15 is 0 Å². The summed E-state index contributed by atoms with van der Waals surface area (Å²) in [5, 5.41) is 3.57. The Balaban J connectivity index is 2.15. The largest absolute Gasteiger partial charge is 0.333 e. The maximum atomic E-state index is 12.4. The maximum Gasteiger partial charge on any atom is 0.333 e. The zero-order chi connectivity index (χ0) is 14.7. The Morgan fingerprint density at radius 2 is 2.15 bits per heavy atom. The highest BCUT2D eigenvalue weighted by Gasteiger charge is 2.21. The molecule has 2 aromatic rings. The van der Waals surface area contributed by atoms with E-state index in [0.717, 1.165) is 11.8 Å². The second-order valence-electron chi connectivity index (χ2n) is 4.34. The van der Waals surface area contributed by atoms with Crippen LogP contribution in [-0.2, 0) is 0 Å². The highest BCUT2D eigenvalue weighted by Crippen LogP contribution is 2.19. The van der Waals surface area contributed by atoms with Crippen LogP contribution in [0, 0.1) is 0 Å². The van der Waals surface area contributed by atoms with Gasteiger partial charge in [0.05, 0.1) is 6.04 Å². The predicted molar refractivity (Wildman–Crippen MR) is 68.2 cm³/mol. The van der Waals surface area contributed by atoms with Gasteiger partial charge in [0.25, 0.3) is 5.91 Å². The zero-order valence-corrected chi connectivity index (χ0v) is 11.1. The minimum atomic E-state index is -2.75. The van der Waals surface area contributed by atoms with Gasteiger partial charge in [-0.15, -0.1) is 0 Å². The fourth-order valence-corrected chi connectivity index (χ4v) is 1.76. The standard InChI is InChI=1S/C13H14F2N4O/c1-9(10-4-3-6-16-8-10)18(2)12(20)11-5-7-19(17-11)13(14)15/h3-9,13H,1-2H3. The van der Waals surface area contributed by atoms with Crippen LogP contribution in [0.15, 0.2) is 36.8 Å². The highest BCUT2D eigenvalue weighted by atomic mass is 19.3. The number of hydrogen-bond acceptors (Lipinski definition) is 3. The van der Waals surface area contributed by atoms with Gasteiger partial charge < -0.3 is 4.90 Å². The van der Waals surface area contributed by atoms with Crippen LogP contribution < -0.4 is 0 Å². The number of alkyl halides is 2. The molecule has 0 fully saturated rings. The van der Waals surface area contributed by atoms with Gasteiger partial charge in [0.1, 0.15) is 0 Å². The Kier molecular flexibility index (Phi) is 4.07. The molecule has 1 atom stereocenters. The number of carbonyl (C=O) groups is 1. The molecule has 0 saturated carbocycles. The SMILES string of the molecule is CC(c1cccnc1)N(C)C(=O)c1ccn(C(F)F)n1. The number of rotatable bonds is 4. The van der Waals surface area contributed by atoms with Crippen molar-refractivity contribution in [2.75, 3.05) is 7.05 Å². The Morgan fingerprint density at radius 1 is 1.40 bits per heavy atom. The molecule has 0 aliphatic rings. The summed E-state index contributed by atoms with van der Waals surface area (Å²) in [6, 6.07) is 4.67. The minimum Gasteiger partial charge on any atom is -0.333 e. The van der Waals surface area contributed by atoms with Crippen molar-refractivity contribution in [3.8, 4) is 0 Å². The normalized spacial score (nSPS) is 12.4. The first-order valence-electron chi connectivity index (χ1n) is 6.01. The van der Waals surface area contributed by atoms with E-state index in [1.54, 1.807) is 25.5 Å². The van der Waals surface area contributed by atoms with Gasteiger partial charge in [0, 0.05) is 25.6 Å². The number of carbonyl (C=O) groups excluding carboxylic acids is 1. The monoisotopic (exact) mass is 280 g/mol. The fourth-order valence-electron chi connectivity index (χ4n) is 1.76. The van der Waals surface area contributed by atoms with Crippen molar-refractivity contribution >= 4 is 5.91 Å². The smallest absolute Gasteiger partial charge is 0.333 e. The van der Waals surface area contributed by atoms with Gasteiger partial charge in [-0.1, -0.05) is 6.07 Å². The molecule has 0 saturated heterocycles. The highest BCUT2D eigenvalue weighted by molar-refractivity contribution is 5.92. The van der Waals surface area contributed by atoms with Crippen LogP contribution in [0.2, 0.25) is 0 Å². The fraction of sp³-hybridized carbons (Fsp3) is 0.308. The predicted octanol–water partition coefficient (Wildman–Crippen LogP) is 2.51. The van der Waals surface area contributed by atoms with Crippen molar-refractivity contribution in [2.24, 2.45) is 0 Å². The van der Waals surface area contributed by atoms with Crippen molar-refractivity contribution in [2.45, 2.75) is 19.5 Å². The third-order valence-electron chi connectivity index (χ3n) is 3.10. The molecule has 2 rings (SSSR count). The number of aromatic nitrogens is 3. The van der Waals surface area contributed by atoms with E-state index < -0.39 is 12.5 Å². The van der Waals surface area contributed by atoms with E-state index in [1.165, 1.54) is 11.0 Å². The van der Waals surface area contributed by atoms with E-state index in [2.05, 4.69) is 10.1 Å². The molecular formula is C13H14F2N4O. The van der Waals surface area contributed by atoms with Gasteiger partial charge in [-0.05, 0) is 24.6 Å². The van der Waals surface area contributed by atoms with Crippen LogP contribution in [0.3, 0.4) is 0 Å². The van der Waals surface area contributed by atoms with Crippen LogP contribution in [0.5, 0.6) is 0 Å². The Morgan fingerprint density at radius 3 is 2.70 bits per heavy atom. The van der Waals surface area contributed by atoms with Gasteiger partial charge in [-0.3, -0.25) is 9.78 Å². The lowest BCUT2D eigenvalue weighted by molar-refractivity contribution is 0.0550. The van der Waals surface area contributed by atoms with Crippen molar-refractivity contribution in [1.29, 1.82) is 0 Å². The summed E-state index contributed by atoms with van der Waals surface area (Å²) >= 11 is 0. The number of amides is 1. The molecule has 2 heterocycles. The van der Waals surface area contributed by atoms with E-state index in [4.69, 9.17) is 0 Å². The molecule has 0 spiro atoms. The van der Waals surface area contributed by atoms with Crippen LogP contribution in [0.1, 0.15) is 35.6 Å². The van der Waals surface area contributed by atoms with Crippen LogP contribution >= 0.6 is 0 Å². The van der Waals surface area contributed by atoms with E-state index in [-0.39, 0.29) is 11.7 Å². The molecule has 20 heavy (non-hydrogen) atoms. The molecule has 0 aromatic carbocycles. The molecule has 7 heteroatoms. The third kappa shape index (κ3) is 2.81. The van der Waals surface area contributed by atoms with Crippen molar-refractivity contribution in [3.63, 3.8) is 0 Å². The van der Waals surface area contributed by atoms with E-state index in [0.29, 0.717) is 4.68 Å². The third-order valence-corrected chi connectivity index (χ3v) is 3.10. The summed E-state index contributed by atoms with van der Waals surface area (Å²) < 4.78 is 25.3. The molecule has 0 aliphatic carbocycles. The number of nitrogens with zero attached hydrogens (tertiary/aromatic N) is 4. The number of halogens is 2. The molecule has 1 amide bonds. The molecule has 106 valence electrons. The number of hydrogen-bond donors (Lipinski definition) is 0. The number of pyridine rings is 1. The molecule has 0 aliphatic heterocycles. The average molecular weight is 280 g/mol. The quantitative estimate of drug-likeness (QED) is 0.864. The molecular weight excluding hydrogens is 266 g/mol. The van der Waals surface area contributed by atoms with Crippen molar-refractivity contribution < 1.29 is 13.6 Å². The van der Waals surface area contributed by atoms with Crippen molar-refractivity contribution in [3.05, 3.63) is 48.0 Å². The van der Waals surface area contributed by atoms with E-state index in [1.807, 2.05) is 13.0 Å². The zero-order valence-electron chi connectivity index (χ0n) is 11.1. The summed E-state index contributed by atoms with van der Waals surface area (Å²) in [7, 11) is 1.60. The van der Waals surface area contributed by atoms with Gasteiger partial charge in [-0.2, -0.15) is 13.9 Å². The second-order valence-corrected chi connectivity index (χ2v) is 4.34. The molecule has 0 radical (unpaired) electrons. The maximum absolute atomic E-state index is 12.4. The topological polar surface area (TPSA) is 51.0 Å². The van der Waals surface area contributed by atoms with Crippen LogP contribution in [-0.4, -0.2) is 32.6 Å². The summed E-state index contributed by atoms with van der Waals surface area (Å²) in [6.45, 7) is -0.920. The first-order chi connectivity index (χ1) is 9.50. The van der Waals surface area contributed by atoms with Gasteiger partial charge in [0.15, 0.2) is 5.69 Å². The minimum absolute atomic E-state index is 0.0106. The molecule has 1 unspecified atom stereocenters. The first kappa shape index (κ1) is 14.1. The second kappa shape index (κ2) is 5.77. The molecule has 0 bridgehead atoms. The average Bonchev–Trinajstić information content (AvgIpc) is 2.96. The summed E-state index contributed by atoms with van der Waals surface area (Å²) in [5.41, 5.74) is 0.847. The summed E-state index contributed by atoms with van der Waals surface area (Å²) in [4.78, 5) is 17.6. The Labute approximate surface area is 114 Å². The lowest BCUT2D eigenvalue weighted by atomic mass is 10.1.